The molecule has 0 aliphatic carbocycles. The van der Waals surface area contributed by atoms with Gasteiger partial charge in [-0.05, 0) is 41.8 Å². The van der Waals surface area contributed by atoms with Crippen LogP contribution in [-0.4, -0.2) is 47.6 Å². The number of hydrogen-bond donors (Lipinski definition) is 2. The molecule has 0 fully saturated rings. The lowest BCUT2D eigenvalue weighted by Crippen LogP contribution is -2.31. The lowest BCUT2D eigenvalue weighted by Gasteiger charge is -2.14. The summed E-state index contributed by atoms with van der Waals surface area (Å²) >= 11 is 0. The Morgan fingerprint density at radius 1 is 1.03 bits per heavy atom. The van der Waals surface area contributed by atoms with Gasteiger partial charge < -0.3 is 19.8 Å². The Bertz CT molecular complexity index is 1580. The summed E-state index contributed by atoms with van der Waals surface area (Å²) in [5.41, 5.74) is 3.84. The number of benzene rings is 2. The molecule has 8 nitrogen and oxygen atoms in total. The third kappa shape index (κ3) is 4.51. The molecule has 0 saturated heterocycles. The third-order valence-corrected chi connectivity index (χ3v) is 5.97. The molecule has 3 heterocycles. The fourth-order valence-electron chi connectivity index (χ4n) is 4.20. The zero-order valence-corrected chi connectivity index (χ0v) is 19.2. The number of pyridine rings is 1. The Morgan fingerprint density at radius 2 is 1.84 bits per heavy atom. The van der Waals surface area contributed by atoms with Gasteiger partial charge in [-0.2, -0.15) is 13.2 Å². The Kier molecular flexibility index (Phi) is 5.90. The van der Waals surface area contributed by atoms with Crippen LogP contribution in [0.2, 0.25) is 0 Å². The zero-order chi connectivity index (χ0) is 26.3. The molecule has 0 spiro atoms. The molecule has 11 heteroatoms. The highest BCUT2D eigenvalue weighted by Crippen LogP contribution is 2.35. The lowest BCUT2D eigenvalue weighted by molar-refractivity contribution is -0.189. The standard InChI is InChI=1S/C26H18F3N3O5/c1-36-24(34)17-5-2-13-10-14(3-4-16(13)22(17)37-25(35)26(27,28)29)20-11-15(6-8-30-20)21-12-18-19(32-21)7-9-31-23(18)33/h2-6,8,10-12,32H,7,9H2,1H3,(H,31,33). The smallest absolute Gasteiger partial charge is 0.465 e. The number of halogens is 3. The first-order valence-electron chi connectivity index (χ1n) is 11.1. The molecule has 1 aliphatic rings. The Labute approximate surface area is 207 Å². The molecule has 0 atom stereocenters. The van der Waals surface area contributed by atoms with Crippen molar-refractivity contribution in [2.24, 2.45) is 0 Å². The van der Waals surface area contributed by atoms with Gasteiger partial charge in [0.15, 0.2) is 5.75 Å². The normalized spacial score (nSPS) is 13.1. The topological polar surface area (TPSA) is 110 Å². The van der Waals surface area contributed by atoms with E-state index < -0.39 is 23.9 Å². The second kappa shape index (κ2) is 9.08. The second-order valence-electron chi connectivity index (χ2n) is 8.27. The summed E-state index contributed by atoms with van der Waals surface area (Å²) < 4.78 is 47.9. The Hall–Kier alpha value is -4.67. The molecule has 1 amide bonds. The van der Waals surface area contributed by atoms with Gasteiger partial charge in [-0.25, -0.2) is 9.59 Å². The number of aromatic amines is 1. The molecule has 37 heavy (non-hydrogen) atoms. The van der Waals surface area contributed by atoms with Gasteiger partial charge in [-0.1, -0.05) is 12.1 Å². The van der Waals surface area contributed by atoms with Crippen LogP contribution in [0.3, 0.4) is 0 Å². The van der Waals surface area contributed by atoms with E-state index in [0.29, 0.717) is 35.2 Å². The van der Waals surface area contributed by atoms with Crippen LogP contribution in [0.5, 0.6) is 5.75 Å². The summed E-state index contributed by atoms with van der Waals surface area (Å²) in [6.07, 6.45) is -2.96. The SMILES string of the molecule is COC(=O)c1ccc2cc(-c3cc(-c4cc5c([nH]4)CCNC5=O)ccn3)ccc2c1OC(=O)C(F)(F)F. The maximum Gasteiger partial charge on any atom is 0.491 e. The van der Waals surface area contributed by atoms with Crippen LogP contribution in [0.25, 0.3) is 33.3 Å². The predicted molar refractivity (Wildman–Crippen MR) is 126 cm³/mol. The molecule has 0 bridgehead atoms. The summed E-state index contributed by atoms with van der Waals surface area (Å²) in [5, 5.41) is 3.33. The summed E-state index contributed by atoms with van der Waals surface area (Å²) in [7, 11) is 1.07. The quantitative estimate of drug-likeness (QED) is 0.311. The largest absolute Gasteiger partial charge is 0.491 e. The maximum atomic E-state index is 12.9. The zero-order valence-electron chi connectivity index (χ0n) is 19.2. The number of esters is 2. The van der Waals surface area contributed by atoms with Gasteiger partial charge in [0, 0.05) is 47.1 Å². The van der Waals surface area contributed by atoms with Gasteiger partial charge >= 0.3 is 18.1 Å². The van der Waals surface area contributed by atoms with Gasteiger partial charge in [-0.3, -0.25) is 9.78 Å². The minimum absolute atomic E-state index is 0.114. The second-order valence-corrected chi connectivity index (χ2v) is 8.27. The number of H-pyrrole nitrogens is 1. The van der Waals surface area contributed by atoms with E-state index in [0.717, 1.165) is 24.1 Å². The molecule has 2 aromatic heterocycles. The lowest BCUT2D eigenvalue weighted by atomic mass is 10.00. The van der Waals surface area contributed by atoms with Crippen LogP contribution in [-0.2, 0) is 16.0 Å². The van der Waals surface area contributed by atoms with Crippen LogP contribution < -0.4 is 10.1 Å². The number of fused-ring (bicyclic) bond motifs is 2. The molecular formula is C26H18F3N3O5. The van der Waals surface area contributed by atoms with E-state index in [1.54, 1.807) is 30.5 Å². The molecule has 4 aromatic rings. The number of nitrogens with one attached hydrogen (secondary N) is 2. The minimum atomic E-state index is -5.25. The summed E-state index contributed by atoms with van der Waals surface area (Å²) in [6, 6.07) is 12.8. The van der Waals surface area contributed by atoms with Crippen LogP contribution in [0.1, 0.15) is 26.4 Å². The van der Waals surface area contributed by atoms with Crippen molar-refractivity contribution in [3.05, 3.63) is 71.5 Å². The van der Waals surface area contributed by atoms with E-state index in [2.05, 4.69) is 24.8 Å². The molecule has 0 unspecified atom stereocenters. The van der Waals surface area contributed by atoms with Crippen molar-refractivity contribution in [1.82, 2.24) is 15.3 Å². The van der Waals surface area contributed by atoms with E-state index in [1.165, 1.54) is 18.2 Å². The first kappa shape index (κ1) is 24.0. The predicted octanol–water partition coefficient (Wildman–Crippen LogP) is 4.44. The first-order chi connectivity index (χ1) is 17.7. The molecule has 2 N–H and O–H groups in total. The average molecular weight is 509 g/mol. The van der Waals surface area contributed by atoms with Crippen LogP contribution in [0, 0.1) is 0 Å². The van der Waals surface area contributed by atoms with Crippen LogP contribution >= 0.6 is 0 Å². The molecule has 0 radical (unpaired) electrons. The molecular weight excluding hydrogens is 491 g/mol. The van der Waals surface area contributed by atoms with Gasteiger partial charge in [0.25, 0.3) is 5.91 Å². The summed E-state index contributed by atoms with van der Waals surface area (Å²) in [6.45, 7) is 0.558. The molecule has 2 aromatic carbocycles. The number of methoxy groups -OCH3 is 1. The van der Waals surface area contributed by atoms with E-state index in [-0.39, 0.29) is 16.9 Å². The van der Waals surface area contributed by atoms with Gasteiger partial charge in [0.2, 0.25) is 0 Å². The van der Waals surface area contributed by atoms with Crippen molar-refractivity contribution in [3.8, 4) is 28.3 Å². The Balaban J connectivity index is 1.55. The van der Waals surface area contributed by atoms with Gasteiger partial charge in [0.05, 0.1) is 18.4 Å². The van der Waals surface area contributed by atoms with Crippen molar-refractivity contribution >= 4 is 28.6 Å². The number of aromatic nitrogens is 2. The number of alkyl halides is 3. The van der Waals surface area contributed by atoms with Crippen molar-refractivity contribution in [1.29, 1.82) is 0 Å². The monoisotopic (exact) mass is 509 g/mol. The molecule has 1 aliphatic heterocycles. The number of rotatable bonds is 4. The highest BCUT2D eigenvalue weighted by molar-refractivity contribution is 6.04. The number of carbonyl (C=O) groups is 3. The number of hydrogen-bond acceptors (Lipinski definition) is 6. The minimum Gasteiger partial charge on any atom is -0.465 e. The van der Waals surface area contributed by atoms with Crippen LogP contribution in [0.4, 0.5) is 13.2 Å². The number of nitrogens with zero attached hydrogens (tertiary/aromatic N) is 1. The van der Waals surface area contributed by atoms with E-state index in [4.69, 9.17) is 0 Å². The molecule has 0 saturated carbocycles. The van der Waals surface area contributed by atoms with Crippen molar-refractivity contribution in [3.63, 3.8) is 0 Å². The van der Waals surface area contributed by atoms with E-state index >= 15 is 0 Å². The van der Waals surface area contributed by atoms with Crippen LogP contribution in [0.15, 0.2) is 54.7 Å². The highest BCUT2D eigenvalue weighted by Gasteiger charge is 2.42. The maximum absolute atomic E-state index is 12.9. The highest BCUT2D eigenvalue weighted by atomic mass is 19.4. The van der Waals surface area contributed by atoms with Crippen molar-refractivity contribution < 1.29 is 37.0 Å². The number of amides is 1. The fraction of sp³-hybridized carbons (Fsp3) is 0.154. The summed E-state index contributed by atoms with van der Waals surface area (Å²) in [5.74, 6) is -4.09. The molecule has 188 valence electrons. The van der Waals surface area contributed by atoms with E-state index in [9.17, 15) is 27.6 Å². The average Bonchev–Trinajstić information content (AvgIpc) is 3.33. The number of carbonyl (C=O) groups excluding carboxylic acids is 3. The fourth-order valence-corrected chi connectivity index (χ4v) is 4.20. The first-order valence-corrected chi connectivity index (χ1v) is 11.1. The summed E-state index contributed by atoms with van der Waals surface area (Å²) in [4.78, 5) is 43.5. The number of ether oxygens (including phenoxy) is 2. The van der Waals surface area contributed by atoms with E-state index in [1.807, 2.05) is 6.07 Å². The van der Waals surface area contributed by atoms with Gasteiger partial charge in [0.1, 0.15) is 5.56 Å². The van der Waals surface area contributed by atoms with Crippen molar-refractivity contribution in [2.75, 3.05) is 13.7 Å². The molecule has 5 rings (SSSR count). The third-order valence-electron chi connectivity index (χ3n) is 5.97. The van der Waals surface area contributed by atoms with Crippen molar-refractivity contribution in [2.45, 2.75) is 12.6 Å². The van der Waals surface area contributed by atoms with Gasteiger partial charge in [-0.15, -0.1) is 0 Å². The Morgan fingerprint density at radius 3 is 2.57 bits per heavy atom.